The number of rotatable bonds is 0. The molecule has 0 heteroatoms. The summed E-state index contributed by atoms with van der Waals surface area (Å²) in [6.07, 6.45) is 0. The Kier molecular flexibility index (Phi) is 8.70. The second-order valence-corrected chi connectivity index (χ2v) is 6.90. The molecule has 0 radical (unpaired) electrons. The molecule has 3 rings (SSSR count). The zero-order chi connectivity index (χ0) is 18.8. The van der Waals surface area contributed by atoms with Crippen molar-refractivity contribution < 1.29 is 0 Å². The molecule has 0 bridgehead atoms. The number of aryl methyl sites for hydroxylation is 7. The number of hydrogen-bond donors (Lipinski definition) is 0. The fourth-order valence-corrected chi connectivity index (χ4v) is 2.34. The van der Waals surface area contributed by atoms with E-state index < -0.39 is 0 Å². The Balaban J connectivity index is 0.000000188. The smallest absolute Gasteiger partial charge is 0.0395 e. The molecule has 0 aliphatic heterocycles. The lowest BCUT2D eigenvalue weighted by Gasteiger charge is -1.98. The summed E-state index contributed by atoms with van der Waals surface area (Å²) in [6.45, 7) is 14.8. The van der Waals surface area contributed by atoms with Crippen molar-refractivity contribution in [3.05, 3.63) is 106 Å². The van der Waals surface area contributed by atoms with Gasteiger partial charge in [-0.15, -0.1) is 0 Å². The molecule has 0 amide bonds. The van der Waals surface area contributed by atoms with Crippen LogP contribution < -0.4 is 0 Å². The molecule has 132 valence electrons. The molecule has 0 saturated carbocycles. The monoisotopic (exact) mass is 332 g/mol. The molecular formula is C25H32. The van der Waals surface area contributed by atoms with Gasteiger partial charge in [0, 0.05) is 0 Å². The van der Waals surface area contributed by atoms with E-state index in [1.165, 1.54) is 38.9 Å². The van der Waals surface area contributed by atoms with Crippen LogP contribution in [-0.4, -0.2) is 0 Å². The first-order valence-electron chi connectivity index (χ1n) is 8.88. The van der Waals surface area contributed by atoms with E-state index in [4.69, 9.17) is 0 Å². The molecule has 0 heterocycles. The van der Waals surface area contributed by atoms with E-state index in [1.54, 1.807) is 0 Å². The molecule has 3 aromatic carbocycles. The van der Waals surface area contributed by atoms with Crippen molar-refractivity contribution in [2.75, 3.05) is 0 Å². The fourth-order valence-electron chi connectivity index (χ4n) is 2.34. The van der Waals surface area contributed by atoms with Crippen LogP contribution in [0.5, 0.6) is 0 Å². The molecule has 0 saturated heterocycles. The Hall–Kier alpha value is -2.34. The zero-order valence-electron chi connectivity index (χ0n) is 16.9. The zero-order valence-corrected chi connectivity index (χ0v) is 16.9. The highest BCUT2D eigenvalue weighted by Gasteiger charge is 1.89. The lowest BCUT2D eigenvalue weighted by atomic mass is 10.1. The van der Waals surface area contributed by atoms with Crippen molar-refractivity contribution in [2.24, 2.45) is 0 Å². The normalized spacial score (nSPS) is 9.40. The standard InChI is InChI=1S/C9H12.2C8H10/c1-7-4-5-8(2)9(3)6-7;1-7-3-5-8(2)6-4-7;1-7-4-3-5-8(2)6-7/h4-6H,1-3H3;2*3-6H,1-2H3. The van der Waals surface area contributed by atoms with Gasteiger partial charge in [0.15, 0.2) is 0 Å². The predicted octanol–water partition coefficient (Wildman–Crippen LogP) is 7.22. The van der Waals surface area contributed by atoms with E-state index in [1.807, 2.05) is 0 Å². The van der Waals surface area contributed by atoms with Crippen molar-refractivity contribution in [1.82, 2.24) is 0 Å². The summed E-state index contributed by atoms with van der Waals surface area (Å²) in [6, 6.07) is 23.4. The molecular weight excluding hydrogens is 300 g/mol. The maximum absolute atomic E-state index is 2.20. The minimum Gasteiger partial charge on any atom is -0.0617 e. The highest BCUT2D eigenvalue weighted by molar-refractivity contribution is 5.28. The Morgan fingerprint density at radius 3 is 1.08 bits per heavy atom. The first-order chi connectivity index (χ1) is 11.8. The Bertz CT molecular complexity index is 726. The van der Waals surface area contributed by atoms with E-state index in [9.17, 15) is 0 Å². The van der Waals surface area contributed by atoms with Crippen molar-refractivity contribution >= 4 is 0 Å². The molecule has 0 nitrogen and oxygen atoms in total. The van der Waals surface area contributed by atoms with Gasteiger partial charge in [0.1, 0.15) is 0 Å². The highest BCUT2D eigenvalue weighted by Crippen LogP contribution is 2.07. The maximum atomic E-state index is 2.20. The van der Waals surface area contributed by atoms with Crippen molar-refractivity contribution in [1.29, 1.82) is 0 Å². The van der Waals surface area contributed by atoms with Crippen LogP contribution in [-0.2, 0) is 0 Å². The number of benzene rings is 3. The highest BCUT2D eigenvalue weighted by atomic mass is 13.9. The van der Waals surface area contributed by atoms with Gasteiger partial charge in [0.25, 0.3) is 0 Å². The van der Waals surface area contributed by atoms with Crippen LogP contribution in [0.2, 0.25) is 0 Å². The van der Waals surface area contributed by atoms with Crippen LogP contribution in [0.25, 0.3) is 0 Å². The molecule has 0 spiro atoms. The van der Waals surface area contributed by atoms with Gasteiger partial charge in [0.05, 0.1) is 0 Å². The molecule has 0 atom stereocenters. The summed E-state index contributed by atoms with van der Waals surface area (Å²) in [5, 5.41) is 0. The summed E-state index contributed by atoms with van der Waals surface area (Å²) in [5.41, 5.74) is 9.44. The lowest BCUT2D eigenvalue weighted by molar-refractivity contribution is 1.30. The molecule has 0 N–H and O–H groups in total. The second-order valence-electron chi connectivity index (χ2n) is 6.90. The molecule has 0 aliphatic carbocycles. The van der Waals surface area contributed by atoms with Gasteiger partial charge < -0.3 is 0 Å². The Morgan fingerprint density at radius 2 is 0.760 bits per heavy atom. The summed E-state index contributed by atoms with van der Waals surface area (Å²) in [4.78, 5) is 0. The SMILES string of the molecule is Cc1ccc(C)c(C)c1.Cc1ccc(C)cc1.Cc1cccc(C)c1. The van der Waals surface area contributed by atoms with Crippen LogP contribution in [0, 0.1) is 48.5 Å². The fraction of sp³-hybridized carbons (Fsp3) is 0.280. The van der Waals surface area contributed by atoms with E-state index in [0.29, 0.717) is 0 Å². The van der Waals surface area contributed by atoms with Crippen LogP contribution in [0.15, 0.2) is 66.7 Å². The summed E-state index contributed by atoms with van der Waals surface area (Å²) in [7, 11) is 0. The molecule has 0 aliphatic rings. The number of hydrogen-bond acceptors (Lipinski definition) is 0. The van der Waals surface area contributed by atoms with Gasteiger partial charge >= 0.3 is 0 Å². The van der Waals surface area contributed by atoms with E-state index >= 15 is 0 Å². The first-order valence-corrected chi connectivity index (χ1v) is 8.88. The molecule has 0 aromatic heterocycles. The maximum Gasteiger partial charge on any atom is -0.0395 e. The third-order valence-electron chi connectivity index (χ3n) is 4.05. The van der Waals surface area contributed by atoms with Gasteiger partial charge in [-0.05, 0) is 59.6 Å². The topological polar surface area (TPSA) is 0 Å². The van der Waals surface area contributed by atoms with Gasteiger partial charge in [0.2, 0.25) is 0 Å². The van der Waals surface area contributed by atoms with Crippen molar-refractivity contribution in [3.63, 3.8) is 0 Å². The third kappa shape index (κ3) is 8.91. The van der Waals surface area contributed by atoms with E-state index in [2.05, 4.69) is 115 Å². The molecule has 25 heavy (non-hydrogen) atoms. The van der Waals surface area contributed by atoms with Crippen molar-refractivity contribution in [3.8, 4) is 0 Å². The second kappa shape index (κ2) is 10.5. The van der Waals surface area contributed by atoms with Crippen LogP contribution in [0.1, 0.15) is 38.9 Å². The lowest BCUT2D eigenvalue weighted by Crippen LogP contribution is -1.79. The van der Waals surface area contributed by atoms with Crippen molar-refractivity contribution in [2.45, 2.75) is 48.5 Å². The average molecular weight is 333 g/mol. The van der Waals surface area contributed by atoms with Crippen LogP contribution in [0.3, 0.4) is 0 Å². The first kappa shape index (κ1) is 20.7. The summed E-state index contributed by atoms with van der Waals surface area (Å²) >= 11 is 0. The molecule has 0 fully saturated rings. The summed E-state index contributed by atoms with van der Waals surface area (Å²) < 4.78 is 0. The summed E-state index contributed by atoms with van der Waals surface area (Å²) in [5.74, 6) is 0. The minimum atomic E-state index is 1.33. The minimum absolute atomic E-state index is 1.33. The van der Waals surface area contributed by atoms with Gasteiger partial charge in [-0.3, -0.25) is 0 Å². The van der Waals surface area contributed by atoms with Gasteiger partial charge in [-0.1, -0.05) is 94.5 Å². The average Bonchev–Trinajstić information content (AvgIpc) is 2.55. The third-order valence-corrected chi connectivity index (χ3v) is 4.05. The van der Waals surface area contributed by atoms with E-state index in [0.717, 1.165) is 0 Å². The van der Waals surface area contributed by atoms with E-state index in [-0.39, 0.29) is 0 Å². The Morgan fingerprint density at radius 1 is 0.360 bits per heavy atom. The molecule has 3 aromatic rings. The Labute approximate surface area is 154 Å². The predicted molar refractivity (Wildman–Crippen MR) is 112 cm³/mol. The van der Waals surface area contributed by atoms with Crippen LogP contribution in [0.4, 0.5) is 0 Å². The molecule has 0 unspecified atom stereocenters. The van der Waals surface area contributed by atoms with Crippen LogP contribution >= 0.6 is 0 Å². The quantitative estimate of drug-likeness (QED) is 0.407. The van der Waals surface area contributed by atoms with Gasteiger partial charge in [-0.2, -0.15) is 0 Å². The van der Waals surface area contributed by atoms with Gasteiger partial charge in [-0.25, -0.2) is 0 Å². The largest absolute Gasteiger partial charge is 0.0617 e.